The number of aromatic nitrogens is 2. The first-order valence-electron chi connectivity index (χ1n) is 10.0. The Morgan fingerprint density at radius 3 is 2.59 bits per heavy atom. The summed E-state index contributed by atoms with van der Waals surface area (Å²) in [6.45, 7) is 0. The maximum absolute atomic E-state index is 13.7. The van der Waals surface area contributed by atoms with E-state index in [2.05, 4.69) is 15.5 Å². The van der Waals surface area contributed by atoms with Crippen LogP contribution in [0.15, 0.2) is 42.5 Å². The van der Waals surface area contributed by atoms with Crippen LogP contribution >= 0.6 is 0 Å². The molecule has 3 N–H and O–H groups in total. The molecule has 9 heteroatoms. The van der Waals surface area contributed by atoms with E-state index in [-0.39, 0.29) is 17.7 Å². The van der Waals surface area contributed by atoms with Crippen molar-refractivity contribution in [1.29, 1.82) is 0 Å². The minimum absolute atomic E-state index is 0.154. The molecule has 1 aliphatic rings. The number of anilines is 2. The third kappa shape index (κ3) is 4.23. The topological polar surface area (TPSA) is 90.1 Å². The van der Waals surface area contributed by atoms with Gasteiger partial charge in [-0.2, -0.15) is 13.2 Å². The lowest BCUT2D eigenvalue weighted by Crippen LogP contribution is -2.16. The molecule has 1 amide bonds. The van der Waals surface area contributed by atoms with Gasteiger partial charge < -0.3 is 15.8 Å². The smallest absolute Gasteiger partial charge is 0.418 e. The fourth-order valence-corrected chi connectivity index (χ4v) is 4.02. The Hall–Kier alpha value is -3.62. The van der Waals surface area contributed by atoms with Crippen molar-refractivity contribution < 1.29 is 22.7 Å². The molecule has 166 valence electrons. The largest absolute Gasteiger partial charge is 0.496 e. The average Bonchev–Trinajstić information content (AvgIpc) is 3.24. The monoisotopic (exact) mass is 442 g/mol. The third-order valence-corrected chi connectivity index (χ3v) is 5.42. The van der Waals surface area contributed by atoms with E-state index in [9.17, 15) is 18.0 Å². The standard InChI is InChI=1S/C23H21F3N4O2/c1-32-19-8-3-2-5-16(19)21-14-6-4-7-15(14)22(30-29-21)28-18-10-9-13(12-20(27)31)11-17(18)23(24,25)26/h2-3,5,8-11H,4,6-7,12H2,1H3,(H2,27,31)(H,28,30). The number of primary amides is 1. The van der Waals surface area contributed by atoms with Crippen molar-refractivity contribution in [3.8, 4) is 17.0 Å². The minimum Gasteiger partial charge on any atom is -0.496 e. The van der Waals surface area contributed by atoms with Gasteiger partial charge in [0.15, 0.2) is 5.82 Å². The number of fused-ring (bicyclic) bond motifs is 1. The molecule has 0 bridgehead atoms. The van der Waals surface area contributed by atoms with E-state index in [1.165, 1.54) is 12.1 Å². The van der Waals surface area contributed by atoms with Crippen LogP contribution in [0.2, 0.25) is 0 Å². The Bertz CT molecular complexity index is 1180. The Labute approximate surface area is 182 Å². The van der Waals surface area contributed by atoms with Crippen molar-refractivity contribution in [3.63, 3.8) is 0 Å². The number of alkyl halides is 3. The van der Waals surface area contributed by atoms with Gasteiger partial charge in [0.05, 0.1) is 24.8 Å². The van der Waals surface area contributed by atoms with Gasteiger partial charge in [-0.25, -0.2) is 0 Å². The predicted octanol–water partition coefficient (Wildman–Crippen LogP) is 4.43. The molecule has 0 fully saturated rings. The number of hydrogen-bond donors (Lipinski definition) is 2. The van der Waals surface area contributed by atoms with Crippen molar-refractivity contribution in [2.45, 2.75) is 31.9 Å². The fourth-order valence-electron chi connectivity index (χ4n) is 4.02. The van der Waals surface area contributed by atoms with E-state index >= 15 is 0 Å². The van der Waals surface area contributed by atoms with Crippen molar-refractivity contribution in [1.82, 2.24) is 10.2 Å². The number of methoxy groups -OCH3 is 1. The summed E-state index contributed by atoms with van der Waals surface area (Å²) in [4.78, 5) is 11.1. The summed E-state index contributed by atoms with van der Waals surface area (Å²) in [6, 6.07) is 11.1. The number of nitrogens with one attached hydrogen (secondary N) is 1. The molecule has 0 atom stereocenters. The van der Waals surface area contributed by atoms with Gasteiger partial charge in [0.1, 0.15) is 11.4 Å². The summed E-state index contributed by atoms with van der Waals surface area (Å²) in [5, 5.41) is 11.4. The first-order valence-corrected chi connectivity index (χ1v) is 10.0. The summed E-state index contributed by atoms with van der Waals surface area (Å²) in [5.74, 6) is 0.250. The molecule has 0 saturated heterocycles. The lowest BCUT2D eigenvalue weighted by Gasteiger charge is -2.18. The van der Waals surface area contributed by atoms with E-state index in [1.54, 1.807) is 7.11 Å². The quantitative estimate of drug-likeness (QED) is 0.590. The Balaban J connectivity index is 1.75. The van der Waals surface area contributed by atoms with Gasteiger partial charge in [-0.15, -0.1) is 10.2 Å². The molecule has 2 aromatic carbocycles. The predicted molar refractivity (Wildman–Crippen MR) is 114 cm³/mol. The zero-order chi connectivity index (χ0) is 22.9. The normalized spacial score (nSPS) is 13.0. The van der Waals surface area contributed by atoms with Crippen molar-refractivity contribution in [2.24, 2.45) is 5.73 Å². The maximum Gasteiger partial charge on any atom is 0.418 e. The highest BCUT2D eigenvalue weighted by Crippen LogP contribution is 2.40. The first-order chi connectivity index (χ1) is 15.3. The average molecular weight is 442 g/mol. The summed E-state index contributed by atoms with van der Waals surface area (Å²) in [7, 11) is 1.57. The molecule has 0 radical (unpaired) electrons. The number of ether oxygens (including phenoxy) is 1. The van der Waals surface area contributed by atoms with E-state index < -0.39 is 17.6 Å². The van der Waals surface area contributed by atoms with Gasteiger partial charge in [-0.05, 0) is 54.7 Å². The molecule has 1 aliphatic carbocycles. The lowest BCUT2D eigenvalue weighted by atomic mass is 10.0. The highest BCUT2D eigenvalue weighted by Gasteiger charge is 2.34. The molecule has 1 aromatic heterocycles. The van der Waals surface area contributed by atoms with Crippen LogP contribution in [0.4, 0.5) is 24.7 Å². The molecule has 4 rings (SSSR count). The molecule has 3 aromatic rings. The second-order valence-corrected chi connectivity index (χ2v) is 7.55. The lowest BCUT2D eigenvalue weighted by molar-refractivity contribution is -0.137. The highest BCUT2D eigenvalue weighted by molar-refractivity contribution is 5.78. The Morgan fingerprint density at radius 2 is 1.88 bits per heavy atom. The van der Waals surface area contributed by atoms with Crippen molar-refractivity contribution >= 4 is 17.4 Å². The molecule has 32 heavy (non-hydrogen) atoms. The molecular weight excluding hydrogens is 421 g/mol. The van der Waals surface area contributed by atoms with Gasteiger partial charge in [0, 0.05) is 11.1 Å². The summed E-state index contributed by atoms with van der Waals surface area (Å²) < 4.78 is 46.6. The SMILES string of the molecule is COc1ccccc1-c1nnc(Nc2ccc(CC(N)=O)cc2C(F)(F)F)c2c1CCC2. The van der Waals surface area contributed by atoms with Gasteiger partial charge in [0.2, 0.25) is 5.91 Å². The molecule has 1 heterocycles. The number of hydrogen-bond acceptors (Lipinski definition) is 5. The number of benzene rings is 2. The highest BCUT2D eigenvalue weighted by atomic mass is 19.4. The Kier molecular flexibility index (Phi) is 5.73. The number of halogens is 3. The summed E-state index contributed by atoms with van der Waals surface area (Å²) >= 11 is 0. The molecular formula is C23H21F3N4O2. The molecule has 6 nitrogen and oxygen atoms in total. The number of para-hydroxylation sites is 1. The second-order valence-electron chi connectivity index (χ2n) is 7.55. The zero-order valence-corrected chi connectivity index (χ0v) is 17.3. The van der Waals surface area contributed by atoms with Crippen molar-refractivity contribution in [3.05, 3.63) is 64.7 Å². The number of carbonyl (C=O) groups excluding carboxylic acids is 1. The van der Waals surface area contributed by atoms with Gasteiger partial charge in [-0.1, -0.05) is 18.2 Å². The third-order valence-electron chi connectivity index (χ3n) is 5.42. The van der Waals surface area contributed by atoms with Gasteiger partial charge >= 0.3 is 6.18 Å². The molecule has 0 aliphatic heterocycles. The van der Waals surface area contributed by atoms with Gasteiger partial charge in [-0.3, -0.25) is 4.79 Å². The fraction of sp³-hybridized carbons (Fsp3) is 0.261. The molecule has 0 spiro atoms. The number of amides is 1. The second kappa shape index (κ2) is 8.49. The van der Waals surface area contributed by atoms with E-state index in [0.29, 0.717) is 23.7 Å². The van der Waals surface area contributed by atoms with Crippen LogP contribution in [0.5, 0.6) is 5.75 Å². The summed E-state index contributed by atoms with van der Waals surface area (Å²) in [5.41, 5.74) is 7.53. The number of nitrogens with zero attached hydrogens (tertiary/aromatic N) is 2. The van der Waals surface area contributed by atoms with Crippen LogP contribution in [-0.4, -0.2) is 23.2 Å². The molecule has 0 saturated carbocycles. The van der Waals surface area contributed by atoms with Crippen LogP contribution in [0.25, 0.3) is 11.3 Å². The number of carbonyl (C=O) groups is 1. The zero-order valence-electron chi connectivity index (χ0n) is 17.3. The summed E-state index contributed by atoms with van der Waals surface area (Å²) in [6.07, 6.45) is -2.62. The molecule has 0 unspecified atom stereocenters. The first kappa shape index (κ1) is 21.6. The van der Waals surface area contributed by atoms with Crippen LogP contribution in [-0.2, 0) is 30.2 Å². The van der Waals surface area contributed by atoms with E-state index in [1.807, 2.05) is 24.3 Å². The van der Waals surface area contributed by atoms with Gasteiger partial charge in [0.25, 0.3) is 0 Å². The van der Waals surface area contributed by atoms with E-state index in [0.717, 1.165) is 35.6 Å². The maximum atomic E-state index is 13.7. The van der Waals surface area contributed by atoms with Crippen LogP contribution < -0.4 is 15.8 Å². The minimum atomic E-state index is -4.62. The van der Waals surface area contributed by atoms with Crippen LogP contribution in [0.3, 0.4) is 0 Å². The van der Waals surface area contributed by atoms with Crippen molar-refractivity contribution in [2.75, 3.05) is 12.4 Å². The number of rotatable bonds is 6. The van der Waals surface area contributed by atoms with Crippen LogP contribution in [0, 0.1) is 0 Å². The number of nitrogens with two attached hydrogens (primary N) is 1. The Morgan fingerprint density at radius 1 is 1.12 bits per heavy atom. The van der Waals surface area contributed by atoms with Crippen LogP contribution in [0.1, 0.15) is 28.7 Å². The van der Waals surface area contributed by atoms with E-state index in [4.69, 9.17) is 10.5 Å².